The molecule has 1 aromatic rings. The molecule has 100 valence electrons. The van der Waals surface area contributed by atoms with Gasteiger partial charge in [-0.25, -0.2) is 4.39 Å². The van der Waals surface area contributed by atoms with Crippen molar-refractivity contribution in [3.8, 4) is 5.75 Å². The molecule has 0 aliphatic heterocycles. The van der Waals surface area contributed by atoms with Crippen molar-refractivity contribution in [2.75, 3.05) is 6.61 Å². The van der Waals surface area contributed by atoms with Gasteiger partial charge in [-0.1, -0.05) is 12.8 Å². The van der Waals surface area contributed by atoms with Crippen LogP contribution in [0.15, 0.2) is 12.1 Å². The van der Waals surface area contributed by atoms with Gasteiger partial charge in [0.2, 0.25) is 0 Å². The molecular weight excluding hydrogens is 229 g/mol. The van der Waals surface area contributed by atoms with E-state index in [9.17, 15) is 4.39 Å². The molecule has 0 amide bonds. The molecular formula is C15H22FNO. The minimum absolute atomic E-state index is 0.210. The number of aryl methyl sites for hydroxylation is 1. The Morgan fingerprint density at radius 2 is 2.06 bits per heavy atom. The summed E-state index contributed by atoms with van der Waals surface area (Å²) in [4.78, 5) is 0. The van der Waals surface area contributed by atoms with Gasteiger partial charge in [0.15, 0.2) is 0 Å². The van der Waals surface area contributed by atoms with Gasteiger partial charge in [0.05, 0.1) is 6.61 Å². The second kappa shape index (κ2) is 5.70. The molecule has 1 atom stereocenters. The Morgan fingerprint density at radius 3 is 2.67 bits per heavy atom. The van der Waals surface area contributed by atoms with Crippen LogP contribution >= 0.6 is 0 Å². The monoisotopic (exact) mass is 251 g/mol. The van der Waals surface area contributed by atoms with Gasteiger partial charge in [-0.05, 0) is 50.3 Å². The Balaban J connectivity index is 2.12. The van der Waals surface area contributed by atoms with Crippen molar-refractivity contribution in [2.24, 2.45) is 11.7 Å². The SMILES string of the molecule is Cc1cc(OCC2CCCC2)c([C@H](C)N)cc1F. The summed E-state index contributed by atoms with van der Waals surface area (Å²) in [5, 5.41) is 0. The Morgan fingerprint density at radius 1 is 1.39 bits per heavy atom. The molecule has 0 bridgehead atoms. The maximum atomic E-state index is 13.5. The summed E-state index contributed by atoms with van der Waals surface area (Å²) in [5.74, 6) is 1.18. The van der Waals surface area contributed by atoms with E-state index in [0.29, 0.717) is 11.5 Å². The number of halogens is 1. The normalized spacial score (nSPS) is 18.0. The second-order valence-electron chi connectivity index (χ2n) is 5.39. The zero-order valence-corrected chi connectivity index (χ0v) is 11.2. The van der Waals surface area contributed by atoms with E-state index < -0.39 is 0 Å². The maximum Gasteiger partial charge on any atom is 0.126 e. The number of hydrogen-bond donors (Lipinski definition) is 1. The number of rotatable bonds is 4. The van der Waals surface area contributed by atoms with Gasteiger partial charge < -0.3 is 10.5 Å². The lowest BCUT2D eigenvalue weighted by atomic mass is 10.0. The zero-order valence-electron chi connectivity index (χ0n) is 11.2. The van der Waals surface area contributed by atoms with Gasteiger partial charge in [-0.2, -0.15) is 0 Å². The summed E-state index contributed by atoms with van der Waals surface area (Å²) in [7, 11) is 0. The molecule has 2 N–H and O–H groups in total. The first kappa shape index (κ1) is 13.3. The largest absolute Gasteiger partial charge is 0.493 e. The minimum Gasteiger partial charge on any atom is -0.493 e. The first-order valence-electron chi connectivity index (χ1n) is 6.76. The van der Waals surface area contributed by atoms with Gasteiger partial charge in [0, 0.05) is 11.6 Å². The molecule has 1 fully saturated rings. The van der Waals surface area contributed by atoms with Crippen LogP contribution in [-0.2, 0) is 0 Å². The summed E-state index contributed by atoms with van der Waals surface area (Å²) in [6.45, 7) is 4.33. The van der Waals surface area contributed by atoms with E-state index in [2.05, 4.69) is 0 Å². The third-order valence-corrected chi connectivity index (χ3v) is 3.73. The molecule has 0 radical (unpaired) electrons. The summed E-state index contributed by atoms with van der Waals surface area (Å²) >= 11 is 0. The number of benzene rings is 1. The van der Waals surface area contributed by atoms with E-state index in [1.54, 1.807) is 13.0 Å². The first-order chi connectivity index (χ1) is 8.58. The number of ether oxygens (including phenoxy) is 1. The topological polar surface area (TPSA) is 35.2 Å². The molecule has 1 aliphatic rings. The predicted octanol–water partition coefficient (Wildman–Crippen LogP) is 3.72. The fraction of sp³-hybridized carbons (Fsp3) is 0.600. The van der Waals surface area contributed by atoms with E-state index in [-0.39, 0.29) is 11.9 Å². The minimum atomic E-state index is -0.212. The van der Waals surface area contributed by atoms with E-state index in [1.165, 1.54) is 31.7 Å². The average Bonchev–Trinajstić information content (AvgIpc) is 2.83. The van der Waals surface area contributed by atoms with Crippen LogP contribution in [0.2, 0.25) is 0 Å². The highest BCUT2D eigenvalue weighted by Gasteiger charge is 2.17. The van der Waals surface area contributed by atoms with Crippen LogP contribution < -0.4 is 10.5 Å². The van der Waals surface area contributed by atoms with Crippen molar-refractivity contribution >= 4 is 0 Å². The smallest absolute Gasteiger partial charge is 0.126 e. The van der Waals surface area contributed by atoms with Crippen LogP contribution in [0.4, 0.5) is 4.39 Å². The Kier molecular flexibility index (Phi) is 4.23. The molecule has 2 nitrogen and oxygen atoms in total. The Hall–Kier alpha value is -1.09. The van der Waals surface area contributed by atoms with Gasteiger partial charge >= 0.3 is 0 Å². The van der Waals surface area contributed by atoms with E-state index in [0.717, 1.165) is 17.9 Å². The third-order valence-electron chi connectivity index (χ3n) is 3.73. The lowest BCUT2D eigenvalue weighted by Crippen LogP contribution is -2.13. The standard InChI is InChI=1S/C15H22FNO/c1-10-7-15(13(11(2)17)8-14(10)16)18-9-12-5-3-4-6-12/h7-8,11-12H,3-6,9,17H2,1-2H3/t11-/m0/s1. The molecule has 0 unspecified atom stereocenters. The lowest BCUT2D eigenvalue weighted by Gasteiger charge is -2.17. The molecule has 1 aliphatic carbocycles. The molecule has 0 spiro atoms. The molecule has 3 heteroatoms. The second-order valence-corrected chi connectivity index (χ2v) is 5.39. The molecule has 0 heterocycles. The fourth-order valence-corrected chi connectivity index (χ4v) is 2.54. The molecule has 2 rings (SSSR count). The fourth-order valence-electron chi connectivity index (χ4n) is 2.54. The van der Waals surface area contributed by atoms with Crippen molar-refractivity contribution in [3.63, 3.8) is 0 Å². The van der Waals surface area contributed by atoms with E-state index in [4.69, 9.17) is 10.5 Å². The van der Waals surface area contributed by atoms with Crippen LogP contribution in [0.1, 0.15) is 49.8 Å². The Labute approximate surface area is 108 Å². The number of nitrogens with two attached hydrogens (primary N) is 1. The van der Waals surface area contributed by atoms with Crippen molar-refractivity contribution in [2.45, 2.75) is 45.6 Å². The van der Waals surface area contributed by atoms with Gasteiger partial charge in [-0.3, -0.25) is 0 Å². The van der Waals surface area contributed by atoms with E-state index >= 15 is 0 Å². The summed E-state index contributed by atoms with van der Waals surface area (Å²) in [5.41, 5.74) is 7.24. The van der Waals surface area contributed by atoms with Crippen LogP contribution in [0.5, 0.6) is 5.75 Å². The molecule has 1 aromatic carbocycles. The van der Waals surface area contributed by atoms with Gasteiger partial charge in [0.25, 0.3) is 0 Å². The van der Waals surface area contributed by atoms with Crippen molar-refractivity contribution < 1.29 is 9.13 Å². The first-order valence-corrected chi connectivity index (χ1v) is 6.76. The highest BCUT2D eigenvalue weighted by Crippen LogP contribution is 2.30. The number of hydrogen-bond acceptors (Lipinski definition) is 2. The van der Waals surface area contributed by atoms with Crippen molar-refractivity contribution in [3.05, 3.63) is 29.1 Å². The quantitative estimate of drug-likeness (QED) is 0.885. The van der Waals surface area contributed by atoms with E-state index in [1.807, 2.05) is 6.92 Å². The summed E-state index contributed by atoms with van der Waals surface area (Å²) in [6.07, 6.45) is 5.09. The van der Waals surface area contributed by atoms with Crippen LogP contribution in [0.3, 0.4) is 0 Å². The maximum absolute atomic E-state index is 13.5. The van der Waals surface area contributed by atoms with Crippen LogP contribution in [0, 0.1) is 18.7 Å². The highest BCUT2D eigenvalue weighted by molar-refractivity contribution is 5.39. The van der Waals surface area contributed by atoms with Crippen LogP contribution in [-0.4, -0.2) is 6.61 Å². The van der Waals surface area contributed by atoms with Crippen molar-refractivity contribution in [1.29, 1.82) is 0 Å². The summed E-state index contributed by atoms with van der Waals surface area (Å²) < 4.78 is 19.4. The van der Waals surface area contributed by atoms with Gasteiger partial charge in [-0.15, -0.1) is 0 Å². The van der Waals surface area contributed by atoms with Crippen molar-refractivity contribution in [1.82, 2.24) is 0 Å². The Bertz CT molecular complexity index is 411. The summed E-state index contributed by atoms with van der Waals surface area (Å²) in [6, 6.07) is 3.06. The lowest BCUT2D eigenvalue weighted by molar-refractivity contribution is 0.248. The molecule has 0 saturated heterocycles. The molecule has 0 aromatic heterocycles. The highest BCUT2D eigenvalue weighted by atomic mass is 19.1. The predicted molar refractivity (Wildman–Crippen MR) is 71.2 cm³/mol. The zero-order chi connectivity index (χ0) is 13.1. The molecule has 18 heavy (non-hydrogen) atoms. The average molecular weight is 251 g/mol. The third kappa shape index (κ3) is 3.02. The van der Waals surface area contributed by atoms with Gasteiger partial charge in [0.1, 0.15) is 11.6 Å². The molecule has 1 saturated carbocycles. The van der Waals surface area contributed by atoms with Crippen LogP contribution in [0.25, 0.3) is 0 Å².